The number of ether oxygens (including phenoxy) is 1. The van der Waals surface area contributed by atoms with Gasteiger partial charge in [-0.2, -0.15) is 5.26 Å². The second kappa shape index (κ2) is 8.52. The average Bonchev–Trinajstić information content (AvgIpc) is 2.62. The van der Waals surface area contributed by atoms with E-state index >= 15 is 0 Å². The fourth-order valence-corrected chi connectivity index (χ4v) is 2.15. The number of carbonyl (C=O) groups is 2. The summed E-state index contributed by atoms with van der Waals surface area (Å²) in [6, 6.07) is 15.0. The third-order valence-corrected chi connectivity index (χ3v) is 3.39. The second-order valence-electron chi connectivity index (χ2n) is 4.82. The number of nitrogens with one attached hydrogen (secondary N) is 2. The molecule has 0 radical (unpaired) electrons. The van der Waals surface area contributed by atoms with Crippen LogP contribution in [-0.4, -0.2) is 19.0 Å². The van der Waals surface area contributed by atoms with Crippen molar-refractivity contribution in [2.75, 3.05) is 17.7 Å². The molecule has 0 atom stereocenters. The van der Waals surface area contributed by atoms with Crippen LogP contribution in [0, 0.1) is 11.3 Å². The van der Waals surface area contributed by atoms with Gasteiger partial charge in [0, 0.05) is 16.9 Å². The molecule has 7 heteroatoms. The van der Waals surface area contributed by atoms with Gasteiger partial charge in [-0.3, -0.25) is 4.79 Å². The Morgan fingerprint density at radius 2 is 1.96 bits per heavy atom. The number of nitrogens with zero attached hydrogens (tertiary/aromatic N) is 1. The molecule has 0 saturated heterocycles. The van der Waals surface area contributed by atoms with Crippen LogP contribution in [0.15, 0.2) is 60.3 Å². The van der Waals surface area contributed by atoms with Crippen molar-refractivity contribution in [2.24, 2.45) is 0 Å². The zero-order valence-corrected chi connectivity index (χ0v) is 14.0. The minimum absolute atomic E-state index is 0.167. The number of amides is 1. The summed E-state index contributed by atoms with van der Waals surface area (Å²) >= 11 is 5.86. The molecule has 0 aliphatic carbocycles. The SMILES string of the molecule is COC(=O)c1ccccc1N/C=C(/C#N)C(=O)Nc1cccc(Cl)c1. The molecule has 0 heterocycles. The van der Waals surface area contributed by atoms with Gasteiger partial charge in [0.1, 0.15) is 11.6 Å². The Balaban J connectivity index is 2.17. The number of halogens is 1. The quantitative estimate of drug-likeness (QED) is 0.486. The maximum absolute atomic E-state index is 12.2. The van der Waals surface area contributed by atoms with Gasteiger partial charge in [0.05, 0.1) is 18.4 Å². The topological polar surface area (TPSA) is 91.2 Å². The number of benzene rings is 2. The van der Waals surface area contributed by atoms with Gasteiger partial charge in [0.2, 0.25) is 0 Å². The van der Waals surface area contributed by atoms with Crippen LogP contribution in [0.5, 0.6) is 0 Å². The van der Waals surface area contributed by atoms with Crippen molar-refractivity contribution in [2.45, 2.75) is 0 Å². The van der Waals surface area contributed by atoms with E-state index in [1.165, 1.54) is 13.3 Å². The van der Waals surface area contributed by atoms with Crippen LogP contribution in [-0.2, 0) is 9.53 Å². The van der Waals surface area contributed by atoms with Gasteiger partial charge in [0.25, 0.3) is 5.91 Å². The van der Waals surface area contributed by atoms with E-state index in [0.717, 1.165) is 0 Å². The molecule has 0 saturated carbocycles. The molecule has 0 aliphatic rings. The van der Waals surface area contributed by atoms with Gasteiger partial charge >= 0.3 is 5.97 Å². The molecule has 0 aliphatic heterocycles. The number of methoxy groups -OCH3 is 1. The lowest BCUT2D eigenvalue weighted by Crippen LogP contribution is -2.15. The molecular formula is C18H14ClN3O3. The van der Waals surface area contributed by atoms with E-state index in [2.05, 4.69) is 10.6 Å². The average molecular weight is 356 g/mol. The molecule has 2 aromatic carbocycles. The lowest BCUT2D eigenvalue weighted by atomic mass is 10.2. The summed E-state index contributed by atoms with van der Waals surface area (Å²) in [6.45, 7) is 0. The predicted octanol–water partition coefficient (Wildman–Crippen LogP) is 3.58. The highest BCUT2D eigenvalue weighted by atomic mass is 35.5. The minimum atomic E-state index is -0.604. The number of carbonyl (C=O) groups excluding carboxylic acids is 2. The Kier molecular flexibility index (Phi) is 6.15. The van der Waals surface area contributed by atoms with Gasteiger partial charge in [0.15, 0.2) is 0 Å². The van der Waals surface area contributed by atoms with Crippen LogP contribution in [0.2, 0.25) is 5.02 Å². The first-order valence-corrected chi connectivity index (χ1v) is 7.54. The fourth-order valence-electron chi connectivity index (χ4n) is 1.96. The van der Waals surface area contributed by atoms with Crippen LogP contribution in [0.1, 0.15) is 10.4 Å². The normalized spacial score (nSPS) is 10.5. The first-order valence-electron chi connectivity index (χ1n) is 7.16. The molecule has 2 aromatic rings. The van der Waals surface area contributed by atoms with E-state index in [4.69, 9.17) is 16.3 Å². The largest absolute Gasteiger partial charge is 0.465 e. The molecule has 0 unspecified atom stereocenters. The maximum atomic E-state index is 12.2. The predicted molar refractivity (Wildman–Crippen MR) is 95.2 cm³/mol. The number of hydrogen-bond acceptors (Lipinski definition) is 5. The summed E-state index contributed by atoms with van der Waals surface area (Å²) in [4.78, 5) is 23.9. The van der Waals surface area contributed by atoms with Crippen molar-refractivity contribution >= 4 is 34.9 Å². The van der Waals surface area contributed by atoms with E-state index in [-0.39, 0.29) is 11.1 Å². The van der Waals surface area contributed by atoms with Crippen LogP contribution in [0.3, 0.4) is 0 Å². The summed E-state index contributed by atoms with van der Waals surface area (Å²) in [6.07, 6.45) is 1.22. The van der Waals surface area contributed by atoms with Crippen molar-refractivity contribution in [3.05, 3.63) is 70.9 Å². The van der Waals surface area contributed by atoms with E-state index < -0.39 is 11.9 Å². The first-order chi connectivity index (χ1) is 12.0. The monoisotopic (exact) mass is 355 g/mol. The second-order valence-corrected chi connectivity index (χ2v) is 5.25. The lowest BCUT2D eigenvalue weighted by molar-refractivity contribution is -0.112. The van der Waals surface area contributed by atoms with Gasteiger partial charge in [-0.05, 0) is 30.3 Å². The van der Waals surface area contributed by atoms with Crippen LogP contribution < -0.4 is 10.6 Å². The summed E-state index contributed by atoms with van der Waals surface area (Å²) in [5, 5.41) is 15.0. The zero-order valence-electron chi connectivity index (χ0n) is 13.2. The molecule has 2 N–H and O–H groups in total. The molecular weight excluding hydrogens is 342 g/mol. The Morgan fingerprint density at radius 3 is 2.64 bits per heavy atom. The van der Waals surface area contributed by atoms with E-state index in [1.807, 2.05) is 6.07 Å². The van der Waals surface area contributed by atoms with E-state index in [9.17, 15) is 14.9 Å². The molecule has 0 fully saturated rings. The number of para-hydroxylation sites is 1. The molecule has 126 valence electrons. The highest BCUT2D eigenvalue weighted by Gasteiger charge is 2.12. The minimum Gasteiger partial charge on any atom is -0.465 e. The van der Waals surface area contributed by atoms with Gasteiger partial charge < -0.3 is 15.4 Å². The fraction of sp³-hybridized carbons (Fsp3) is 0.0556. The number of esters is 1. The molecule has 1 amide bonds. The van der Waals surface area contributed by atoms with Crippen molar-refractivity contribution in [1.29, 1.82) is 5.26 Å². The highest BCUT2D eigenvalue weighted by molar-refractivity contribution is 6.31. The molecule has 6 nitrogen and oxygen atoms in total. The molecule has 0 bridgehead atoms. The Labute approximate surface area is 149 Å². The van der Waals surface area contributed by atoms with Crippen LogP contribution in [0.25, 0.3) is 0 Å². The third kappa shape index (κ3) is 4.83. The Morgan fingerprint density at radius 1 is 1.20 bits per heavy atom. The highest BCUT2D eigenvalue weighted by Crippen LogP contribution is 2.18. The van der Waals surface area contributed by atoms with Crippen molar-refractivity contribution in [3.8, 4) is 6.07 Å². The van der Waals surface area contributed by atoms with Crippen molar-refractivity contribution in [3.63, 3.8) is 0 Å². The maximum Gasteiger partial charge on any atom is 0.339 e. The standard InChI is InChI=1S/C18H14ClN3O3/c1-25-18(24)15-7-2-3-8-16(15)21-11-12(10-20)17(23)22-14-6-4-5-13(19)9-14/h2-9,11,21H,1H3,(H,22,23)/b12-11-. The third-order valence-electron chi connectivity index (χ3n) is 3.15. The smallest absolute Gasteiger partial charge is 0.339 e. The Bertz CT molecular complexity index is 872. The zero-order chi connectivity index (χ0) is 18.2. The van der Waals surface area contributed by atoms with E-state index in [0.29, 0.717) is 16.4 Å². The lowest BCUT2D eigenvalue weighted by Gasteiger charge is -2.08. The molecule has 0 aromatic heterocycles. The first kappa shape index (κ1) is 18.0. The van der Waals surface area contributed by atoms with Gasteiger partial charge in [-0.15, -0.1) is 0 Å². The Hall–Kier alpha value is -3.30. The number of anilines is 2. The summed E-state index contributed by atoms with van der Waals surface area (Å²) in [5.41, 5.74) is 1.000. The van der Waals surface area contributed by atoms with Crippen molar-refractivity contribution < 1.29 is 14.3 Å². The number of hydrogen-bond donors (Lipinski definition) is 2. The summed E-state index contributed by atoms with van der Waals surface area (Å²) < 4.78 is 4.69. The van der Waals surface area contributed by atoms with Gasteiger partial charge in [-0.25, -0.2) is 4.79 Å². The van der Waals surface area contributed by atoms with Crippen LogP contribution in [0.4, 0.5) is 11.4 Å². The van der Waals surface area contributed by atoms with E-state index in [1.54, 1.807) is 48.5 Å². The number of nitriles is 1. The molecule has 0 spiro atoms. The van der Waals surface area contributed by atoms with Crippen molar-refractivity contribution in [1.82, 2.24) is 0 Å². The summed E-state index contributed by atoms with van der Waals surface area (Å²) in [5.74, 6) is -1.13. The van der Waals surface area contributed by atoms with Crippen LogP contribution >= 0.6 is 11.6 Å². The summed E-state index contributed by atoms with van der Waals surface area (Å²) in [7, 11) is 1.27. The molecule has 2 rings (SSSR count). The number of rotatable bonds is 5. The molecule has 25 heavy (non-hydrogen) atoms. The van der Waals surface area contributed by atoms with Gasteiger partial charge in [-0.1, -0.05) is 29.8 Å².